The summed E-state index contributed by atoms with van der Waals surface area (Å²) in [6, 6.07) is 16.0. The van der Waals surface area contributed by atoms with Gasteiger partial charge >= 0.3 is 0 Å². The monoisotopic (exact) mass is 195 g/mol. The van der Waals surface area contributed by atoms with Crippen LogP contribution in [-0.4, -0.2) is 0 Å². The molecule has 0 aliphatic rings. The Bertz CT molecular complexity index is 461. The first kappa shape index (κ1) is 9.97. The van der Waals surface area contributed by atoms with Gasteiger partial charge in [-0.25, -0.2) is 0 Å². The van der Waals surface area contributed by atoms with Crippen LogP contribution in [0.15, 0.2) is 36.4 Å². The Kier molecular flexibility index (Phi) is 2.59. The average molecular weight is 195 g/mol. The normalized spacial score (nSPS) is 10.3. The molecule has 2 aromatic carbocycles. The highest BCUT2D eigenvalue weighted by molar-refractivity contribution is 5.70. The van der Waals surface area contributed by atoms with E-state index in [1.54, 1.807) is 0 Å². The zero-order valence-electron chi connectivity index (χ0n) is 9.46. The Morgan fingerprint density at radius 2 is 1.80 bits per heavy atom. The summed E-state index contributed by atoms with van der Waals surface area (Å²) in [7, 11) is 0. The molecule has 0 aromatic heterocycles. The van der Waals surface area contributed by atoms with Gasteiger partial charge in [0.1, 0.15) is 0 Å². The number of benzene rings is 2. The van der Waals surface area contributed by atoms with Crippen LogP contribution in [0.3, 0.4) is 0 Å². The summed E-state index contributed by atoms with van der Waals surface area (Å²) in [5.74, 6) is 0. The van der Waals surface area contributed by atoms with Crippen LogP contribution in [0.1, 0.15) is 16.7 Å². The first-order valence-corrected chi connectivity index (χ1v) is 5.23. The van der Waals surface area contributed by atoms with Crippen LogP contribution in [0.25, 0.3) is 11.1 Å². The van der Waals surface area contributed by atoms with Crippen molar-refractivity contribution in [1.29, 1.82) is 0 Å². The molecular formula is C15H15. The Hall–Kier alpha value is -1.56. The highest BCUT2D eigenvalue weighted by Gasteiger charge is 2.04. The summed E-state index contributed by atoms with van der Waals surface area (Å²) in [6.45, 7) is 6.39. The maximum Gasteiger partial charge on any atom is -0.0119 e. The van der Waals surface area contributed by atoms with Crippen molar-refractivity contribution in [3.63, 3.8) is 0 Å². The molecule has 0 spiro atoms. The Morgan fingerprint density at radius 1 is 1.00 bits per heavy atom. The number of hydrogen-bond acceptors (Lipinski definition) is 0. The molecule has 0 saturated heterocycles. The molecule has 15 heavy (non-hydrogen) atoms. The van der Waals surface area contributed by atoms with Gasteiger partial charge in [-0.1, -0.05) is 42.0 Å². The second-order valence-electron chi connectivity index (χ2n) is 4.03. The molecule has 0 heteroatoms. The molecule has 0 amide bonds. The number of rotatable bonds is 1. The summed E-state index contributed by atoms with van der Waals surface area (Å²) >= 11 is 0. The molecule has 2 rings (SSSR count). The van der Waals surface area contributed by atoms with Gasteiger partial charge in [0.15, 0.2) is 0 Å². The molecule has 0 heterocycles. The van der Waals surface area contributed by atoms with E-state index in [4.69, 9.17) is 0 Å². The van der Waals surface area contributed by atoms with Crippen LogP contribution in [-0.2, 0) is 0 Å². The fourth-order valence-corrected chi connectivity index (χ4v) is 1.99. The molecule has 0 atom stereocenters. The van der Waals surface area contributed by atoms with Gasteiger partial charge in [0.25, 0.3) is 0 Å². The molecule has 0 N–H and O–H groups in total. The van der Waals surface area contributed by atoms with Gasteiger partial charge in [-0.2, -0.15) is 0 Å². The standard InChI is InChI=1S/C15H15/c1-11-6-4-9-14(10-11)15-12(2)7-5-8-13(15)3/h4-7,9-10H,1-3H3. The van der Waals surface area contributed by atoms with Crippen molar-refractivity contribution >= 4 is 0 Å². The Morgan fingerprint density at radius 3 is 2.47 bits per heavy atom. The first-order chi connectivity index (χ1) is 7.18. The largest absolute Gasteiger partial charge is 0.0614 e. The van der Waals surface area contributed by atoms with Crippen molar-refractivity contribution in [3.8, 4) is 11.1 Å². The van der Waals surface area contributed by atoms with Gasteiger partial charge in [0.2, 0.25) is 0 Å². The van der Waals surface area contributed by atoms with Crippen molar-refractivity contribution in [1.82, 2.24) is 0 Å². The average Bonchev–Trinajstić information content (AvgIpc) is 2.17. The van der Waals surface area contributed by atoms with Crippen molar-refractivity contribution in [2.24, 2.45) is 0 Å². The lowest BCUT2D eigenvalue weighted by Crippen LogP contribution is -1.88. The van der Waals surface area contributed by atoms with Crippen molar-refractivity contribution in [2.75, 3.05) is 0 Å². The minimum Gasteiger partial charge on any atom is -0.0614 e. The Balaban J connectivity index is 2.63. The third-order valence-electron chi connectivity index (χ3n) is 2.71. The van der Waals surface area contributed by atoms with Gasteiger partial charge in [-0.15, -0.1) is 0 Å². The fraction of sp³-hybridized carbons (Fsp3) is 0.200. The molecule has 0 nitrogen and oxygen atoms in total. The lowest BCUT2D eigenvalue weighted by molar-refractivity contribution is 1.36. The fourth-order valence-electron chi connectivity index (χ4n) is 1.99. The molecule has 0 fully saturated rings. The minimum atomic E-state index is 1.22. The van der Waals surface area contributed by atoms with Gasteiger partial charge < -0.3 is 0 Å². The lowest BCUT2D eigenvalue weighted by Gasteiger charge is -2.09. The van der Waals surface area contributed by atoms with Crippen molar-refractivity contribution in [2.45, 2.75) is 20.8 Å². The van der Waals surface area contributed by atoms with Gasteiger partial charge in [0.05, 0.1) is 0 Å². The van der Waals surface area contributed by atoms with Crippen LogP contribution in [0.5, 0.6) is 0 Å². The van der Waals surface area contributed by atoms with E-state index in [9.17, 15) is 0 Å². The summed E-state index contributed by atoms with van der Waals surface area (Å²) < 4.78 is 0. The molecule has 2 aromatic rings. The highest BCUT2D eigenvalue weighted by Crippen LogP contribution is 2.27. The van der Waals surface area contributed by atoms with E-state index in [0.717, 1.165) is 0 Å². The minimum absolute atomic E-state index is 1.22. The summed E-state index contributed by atoms with van der Waals surface area (Å²) in [4.78, 5) is 0. The van der Waals surface area contributed by atoms with Crippen LogP contribution in [0.4, 0.5) is 0 Å². The number of hydrogen-bond donors (Lipinski definition) is 0. The van der Waals surface area contributed by atoms with E-state index in [0.29, 0.717) is 0 Å². The molecule has 0 aliphatic heterocycles. The third kappa shape index (κ3) is 1.94. The maximum atomic E-state index is 3.26. The van der Waals surface area contributed by atoms with E-state index in [1.165, 1.54) is 27.8 Å². The zero-order valence-corrected chi connectivity index (χ0v) is 9.46. The second-order valence-corrected chi connectivity index (χ2v) is 4.03. The predicted octanol–water partition coefficient (Wildman–Crippen LogP) is 4.08. The van der Waals surface area contributed by atoms with Crippen LogP contribution in [0.2, 0.25) is 0 Å². The van der Waals surface area contributed by atoms with E-state index in [1.807, 2.05) is 6.07 Å². The van der Waals surface area contributed by atoms with Crippen LogP contribution < -0.4 is 0 Å². The molecule has 0 unspecified atom stereocenters. The molecule has 1 radical (unpaired) electrons. The molecular weight excluding hydrogens is 180 g/mol. The first-order valence-electron chi connectivity index (χ1n) is 5.23. The van der Waals surface area contributed by atoms with Gasteiger partial charge in [0, 0.05) is 0 Å². The van der Waals surface area contributed by atoms with Gasteiger partial charge in [-0.3, -0.25) is 0 Å². The smallest absolute Gasteiger partial charge is 0.0119 e. The molecule has 0 bridgehead atoms. The summed E-state index contributed by atoms with van der Waals surface area (Å²) in [5, 5.41) is 0. The topological polar surface area (TPSA) is 0 Å². The predicted molar refractivity (Wildman–Crippen MR) is 64.9 cm³/mol. The number of aryl methyl sites for hydroxylation is 3. The SMILES string of the molecule is Cc1cccc(-c2c(C)[c]ccc2C)c1. The van der Waals surface area contributed by atoms with E-state index >= 15 is 0 Å². The zero-order chi connectivity index (χ0) is 10.8. The molecule has 0 aliphatic carbocycles. The van der Waals surface area contributed by atoms with Gasteiger partial charge in [-0.05, 0) is 49.1 Å². The molecule has 75 valence electrons. The van der Waals surface area contributed by atoms with E-state index < -0.39 is 0 Å². The second kappa shape index (κ2) is 3.90. The summed E-state index contributed by atoms with van der Waals surface area (Å²) in [6.07, 6.45) is 0. The van der Waals surface area contributed by atoms with E-state index in [2.05, 4.69) is 57.2 Å². The third-order valence-corrected chi connectivity index (χ3v) is 2.71. The van der Waals surface area contributed by atoms with E-state index in [-0.39, 0.29) is 0 Å². The van der Waals surface area contributed by atoms with Crippen LogP contribution in [0, 0.1) is 26.8 Å². The molecule has 0 saturated carbocycles. The van der Waals surface area contributed by atoms with Crippen molar-refractivity contribution < 1.29 is 0 Å². The summed E-state index contributed by atoms with van der Waals surface area (Å²) in [5.41, 5.74) is 6.45. The lowest BCUT2D eigenvalue weighted by atomic mass is 9.95. The quantitative estimate of drug-likeness (QED) is 0.643. The van der Waals surface area contributed by atoms with Crippen LogP contribution >= 0.6 is 0 Å². The maximum absolute atomic E-state index is 3.26. The highest BCUT2D eigenvalue weighted by atomic mass is 14.1. The van der Waals surface area contributed by atoms with Crippen molar-refractivity contribution in [3.05, 3.63) is 59.2 Å². The Labute approximate surface area is 91.6 Å².